The Balaban J connectivity index is 0. The topological polar surface area (TPSA) is 358 Å². The molecule has 0 spiro atoms. The molecule has 12 N–H and O–H groups in total. The molecule has 1 saturated heterocycles. The van der Waals surface area contributed by atoms with Gasteiger partial charge in [0.1, 0.15) is 57.8 Å². The van der Waals surface area contributed by atoms with Gasteiger partial charge in [-0.05, 0) is 244 Å². The minimum Gasteiger partial charge on any atom is -0.460 e. The molecule has 1 aliphatic rings. The smallest absolute Gasteiger partial charge is 0.329 e. The minimum atomic E-state index is -1.14. The summed E-state index contributed by atoms with van der Waals surface area (Å²) in [5, 5.41) is 14.0. The molecule has 0 aliphatic carbocycles. The second-order valence-corrected chi connectivity index (χ2v) is 27.5. The van der Waals surface area contributed by atoms with Crippen LogP contribution >= 0.6 is 24.4 Å². The van der Waals surface area contributed by atoms with Gasteiger partial charge in [0, 0.05) is 57.4 Å². The predicted octanol–water partition coefficient (Wildman–Crippen LogP) is 8.72. The standard InChI is InChI=1S/C25H46N4O7S.C24H45N3O7.C9H8N2S.C4H8O.H3N/c1-23(2,3)34-18(30)14-13-17(20(32)36-25(7,8)9)29-22(33)28-16(19(31)35-24(4,5)6)12-10-11-15-27-21(26)37;1-22(2,3)32-18(28)14-13-17(20(30)34-24(7,8)9)27-21(31)26-16(12-10-11-15-25)19(29)33-23(4,5)6;12-9(10-5-1-2-6-10)11-7-3-4-8-11;1-2-4-5-3-1;/h16-17H,10-15H2,1-9H3,(H3,26,27,37)(H2,28,29,33);16-17H,10-15,25H2,1-9H3,(H2,26,27,31);1-8H;1-4H2;1H3/t2*16-,17-;;;/m00.../s1. The molecule has 0 saturated carbocycles. The first kappa shape index (κ1) is 84.6. The van der Waals surface area contributed by atoms with Gasteiger partial charge in [0.25, 0.3) is 0 Å². The zero-order valence-corrected chi connectivity index (χ0v) is 58.1. The molecule has 0 radical (unpaired) electrons. The number of nitrogens with two attached hydrogens (primary N) is 2. The molecule has 4 atom stereocenters. The molecule has 2 aromatic heterocycles. The van der Waals surface area contributed by atoms with Gasteiger partial charge >= 0.3 is 47.9 Å². The Morgan fingerprint density at radius 1 is 0.461 bits per heavy atom. The fourth-order valence-corrected chi connectivity index (χ4v) is 7.60. The lowest BCUT2D eigenvalue weighted by atomic mass is 10.1. The van der Waals surface area contributed by atoms with Crippen LogP contribution in [-0.2, 0) is 61.9 Å². The van der Waals surface area contributed by atoms with Crippen LogP contribution in [-0.4, -0.2) is 151 Å². The van der Waals surface area contributed by atoms with Crippen molar-refractivity contribution in [3.8, 4) is 0 Å². The van der Waals surface area contributed by atoms with Crippen LogP contribution in [0.15, 0.2) is 49.1 Å². The molecule has 0 aromatic carbocycles. The Kier molecular flexibility index (Phi) is 39.1. The van der Waals surface area contributed by atoms with Gasteiger partial charge in [-0.25, -0.2) is 28.8 Å². The number of aromatic nitrogens is 2. The van der Waals surface area contributed by atoms with Crippen molar-refractivity contribution in [3.63, 3.8) is 0 Å². The number of nitrogens with zero attached hydrogens (tertiary/aromatic N) is 2. The van der Waals surface area contributed by atoms with E-state index in [0.29, 0.717) is 45.2 Å². The third kappa shape index (κ3) is 46.3. The van der Waals surface area contributed by atoms with E-state index in [9.17, 15) is 38.4 Å². The van der Waals surface area contributed by atoms with Crippen LogP contribution in [0.4, 0.5) is 9.59 Å². The van der Waals surface area contributed by atoms with Gasteiger partial charge < -0.3 is 86.5 Å². The van der Waals surface area contributed by atoms with Crippen molar-refractivity contribution in [3.05, 3.63) is 49.1 Å². The second-order valence-electron chi connectivity index (χ2n) is 26.7. The van der Waals surface area contributed by atoms with Crippen LogP contribution in [0.3, 0.4) is 0 Å². The first-order chi connectivity index (χ1) is 40.4. The first-order valence-corrected chi connectivity index (χ1v) is 30.8. The Morgan fingerprint density at radius 3 is 0.989 bits per heavy atom. The Morgan fingerprint density at radius 2 is 0.742 bits per heavy atom. The van der Waals surface area contributed by atoms with E-state index in [-0.39, 0.29) is 43.4 Å². The van der Waals surface area contributed by atoms with Crippen LogP contribution in [0, 0.1) is 0 Å². The van der Waals surface area contributed by atoms with Crippen LogP contribution < -0.4 is 44.2 Å². The van der Waals surface area contributed by atoms with Gasteiger partial charge in [-0.15, -0.1) is 0 Å². The molecular weight excluding hydrogens is 1190 g/mol. The van der Waals surface area contributed by atoms with Gasteiger partial charge in [-0.3, -0.25) is 9.59 Å². The van der Waals surface area contributed by atoms with Crippen molar-refractivity contribution in [2.45, 2.75) is 259 Å². The van der Waals surface area contributed by atoms with Crippen molar-refractivity contribution in [2.75, 3.05) is 26.3 Å². The van der Waals surface area contributed by atoms with E-state index in [1.54, 1.807) is 125 Å². The summed E-state index contributed by atoms with van der Waals surface area (Å²) in [5.41, 5.74) is 6.51. The van der Waals surface area contributed by atoms with E-state index in [4.69, 9.17) is 69.1 Å². The van der Waals surface area contributed by atoms with Gasteiger partial charge in [-0.1, -0.05) is 0 Å². The highest BCUT2D eigenvalue weighted by molar-refractivity contribution is 7.80. The lowest BCUT2D eigenvalue weighted by Gasteiger charge is -2.27. The van der Waals surface area contributed by atoms with E-state index >= 15 is 0 Å². The number of carbonyl (C=O) groups is 8. The Hall–Kier alpha value is -6.42. The highest BCUT2D eigenvalue weighted by Crippen LogP contribution is 2.18. The Bertz CT molecular complexity index is 2410. The lowest BCUT2D eigenvalue weighted by molar-refractivity contribution is -0.160. The number of esters is 6. The van der Waals surface area contributed by atoms with Crippen molar-refractivity contribution < 1.29 is 71.5 Å². The fourth-order valence-electron chi connectivity index (χ4n) is 7.26. The largest absolute Gasteiger partial charge is 0.460 e. The molecule has 3 rings (SSSR count). The van der Waals surface area contributed by atoms with Crippen LogP contribution in [0.5, 0.6) is 0 Å². The number of ether oxygens (including phenoxy) is 7. The maximum Gasteiger partial charge on any atom is 0.329 e. The summed E-state index contributed by atoms with van der Waals surface area (Å²) in [6.45, 7) is 34.0. The van der Waals surface area contributed by atoms with Crippen LogP contribution in [0.1, 0.15) is 202 Å². The van der Waals surface area contributed by atoms with E-state index < -0.39 is 106 Å². The van der Waals surface area contributed by atoms with Gasteiger partial charge in [0.15, 0.2) is 10.2 Å². The average molecular weight is 1300 g/mol. The lowest BCUT2D eigenvalue weighted by Crippen LogP contribution is -2.53. The number of rotatable bonds is 23. The van der Waals surface area contributed by atoms with E-state index in [0.717, 1.165) is 18.3 Å². The van der Waals surface area contributed by atoms with E-state index in [1.807, 2.05) is 58.2 Å². The molecular formula is C62H110N10O15S2. The summed E-state index contributed by atoms with van der Waals surface area (Å²) >= 11 is 9.99. The van der Waals surface area contributed by atoms with Gasteiger partial charge in [-0.2, -0.15) is 0 Å². The van der Waals surface area contributed by atoms with E-state index in [2.05, 4.69) is 26.6 Å². The number of carbonyl (C=O) groups excluding carboxylic acids is 8. The molecule has 0 unspecified atom stereocenters. The molecule has 3 heterocycles. The predicted molar refractivity (Wildman–Crippen MR) is 351 cm³/mol. The zero-order chi connectivity index (χ0) is 67.7. The SMILES string of the molecule is C1CCOC1.CC(C)(C)OC(=O)CC[C@H](NC(=O)N[C@@H](CCCCN)C(=O)OC(C)(C)C)C(=O)OC(C)(C)C.CC(C)(C)OC(=O)CC[C@H](NC(=O)N[C@@H](CCCCNC(N)=S)C(=O)OC(C)(C)C)C(=O)OC(C)(C)C.N.S=C(n1cccc1)n1cccc1. The Labute approximate surface area is 539 Å². The maximum absolute atomic E-state index is 12.9. The van der Waals surface area contributed by atoms with Gasteiger partial charge in [0.2, 0.25) is 0 Å². The summed E-state index contributed by atoms with van der Waals surface area (Å²) < 4.78 is 41.0. The van der Waals surface area contributed by atoms with Crippen molar-refractivity contribution in [1.29, 1.82) is 0 Å². The summed E-state index contributed by atoms with van der Waals surface area (Å²) in [4.78, 5) is 101. The zero-order valence-electron chi connectivity index (χ0n) is 56.4. The quantitative estimate of drug-likeness (QED) is 0.0223. The molecule has 1 aliphatic heterocycles. The summed E-state index contributed by atoms with van der Waals surface area (Å²) in [6.07, 6.45) is 13.1. The van der Waals surface area contributed by atoms with Crippen molar-refractivity contribution >= 4 is 82.5 Å². The highest BCUT2D eigenvalue weighted by Gasteiger charge is 2.34. The number of urea groups is 2. The highest BCUT2D eigenvalue weighted by atomic mass is 32.1. The molecule has 27 heteroatoms. The normalized spacial score (nSPS) is 13.7. The monoisotopic (exact) mass is 1300 g/mol. The van der Waals surface area contributed by atoms with Crippen LogP contribution in [0.2, 0.25) is 0 Å². The van der Waals surface area contributed by atoms with E-state index in [1.165, 1.54) is 12.8 Å². The molecule has 1 fully saturated rings. The molecule has 510 valence electrons. The summed E-state index contributed by atoms with van der Waals surface area (Å²) in [6, 6.07) is 2.17. The third-order valence-electron chi connectivity index (χ3n) is 10.7. The number of thiocarbonyl (C=S) groups is 2. The molecule has 89 heavy (non-hydrogen) atoms. The number of hydrogen-bond donors (Lipinski definition) is 8. The maximum atomic E-state index is 12.9. The van der Waals surface area contributed by atoms with Crippen molar-refractivity contribution in [1.82, 2.24) is 41.9 Å². The number of nitrogens with one attached hydrogen (secondary N) is 5. The van der Waals surface area contributed by atoms with Crippen LogP contribution in [0.25, 0.3) is 0 Å². The average Bonchev–Trinajstić information content (AvgIpc) is 3.87. The number of hydrogen-bond acceptors (Lipinski definition) is 19. The van der Waals surface area contributed by atoms with Crippen molar-refractivity contribution in [2.24, 2.45) is 11.5 Å². The number of amides is 4. The summed E-state index contributed by atoms with van der Waals surface area (Å²) in [5.74, 6) is -3.60. The number of unbranched alkanes of at least 4 members (excludes halogenated alkanes) is 2. The van der Waals surface area contributed by atoms with Gasteiger partial charge in [0.05, 0.1) is 0 Å². The molecule has 4 amide bonds. The first-order valence-electron chi connectivity index (χ1n) is 30.0. The molecule has 0 bridgehead atoms. The minimum absolute atomic E-state index is 0. The fraction of sp³-hybridized carbons (Fsp3) is 0.710. The molecule has 2 aromatic rings. The summed E-state index contributed by atoms with van der Waals surface area (Å²) in [7, 11) is 0. The molecule has 25 nitrogen and oxygen atoms in total. The second kappa shape index (κ2) is 41.1. The third-order valence-corrected chi connectivity index (χ3v) is 11.3.